The second-order valence-electron chi connectivity index (χ2n) is 4.74. The third-order valence-electron chi connectivity index (χ3n) is 2.95. The van der Waals surface area contributed by atoms with E-state index in [1.807, 2.05) is 6.92 Å². The summed E-state index contributed by atoms with van der Waals surface area (Å²) < 4.78 is 30.7. The van der Waals surface area contributed by atoms with Crippen molar-refractivity contribution in [2.24, 2.45) is 0 Å². The summed E-state index contributed by atoms with van der Waals surface area (Å²) >= 11 is 0. The molecule has 0 fully saturated rings. The van der Waals surface area contributed by atoms with E-state index in [0.29, 0.717) is 6.42 Å². The molecule has 0 heterocycles. The fraction of sp³-hybridized carbons (Fsp3) is 0.467. The van der Waals surface area contributed by atoms with Crippen LogP contribution in [0.5, 0.6) is 0 Å². The lowest BCUT2D eigenvalue weighted by Gasteiger charge is -2.16. The van der Waals surface area contributed by atoms with Crippen molar-refractivity contribution in [2.75, 3.05) is 7.11 Å². The summed E-state index contributed by atoms with van der Waals surface area (Å²) in [4.78, 5) is 23.4. The van der Waals surface area contributed by atoms with Crippen molar-refractivity contribution in [2.45, 2.75) is 38.6 Å². The Labute approximate surface area is 122 Å². The van der Waals surface area contributed by atoms with Crippen LogP contribution in [-0.4, -0.2) is 25.0 Å². The lowest BCUT2D eigenvalue weighted by atomic mass is 10.1. The van der Waals surface area contributed by atoms with Crippen LogP contribution in [0, 0.1) is 11.6 Å². The normalized spacial score (nSPS) is 11.8. The van der Waals surface area contributed by atoms with E-state index in [0.717, 1.165) is 31.0 Å². The second-order valence-corrected chi connectivity index (χ2v) is 4.74. The van der Waals surface area contributed by atoms with Crippen molar-refractivity contribution in [1.82, 2.24) is 5.32 Å². The topological polar surface area (TPSA) is 55.4 Å². The smallest absolute Gasteiger partial charge is 0.328 e. The van der Waals surface area contributed by atoms with Gasteiger partial charge in [0.05, 0.1) is 13.5 Å². The number of rotatable bonds is 7. The molecule has 4 nitrogen and oxygen atoms in total. The standard InChI is InChI=1S/C15H19F2NO3/c1-3-4-5-13(15(20)21-2)18-14(19)8-10-6-11(16)9-12(17)7-10/h6-7,9,13H,3-5,8H2,1-2H3,(H,18,19)/t13-/m1/s1. The number of halogens is 2. The van der Waals surface area contributed by atoms with Crippen molar-refractivity contribution in [1.29, 1.82) is 0 Å². The maximum atomic E-state index is 13.0. The summed E-state index contributed by atoms with van der Waals surface area (Å²) in [5.41, 5.74) is 0.212. The molecule has 0 aliphatic carbocycles. The molecule has 1 N–H and O–H groups in total. The molecule has 0 unspecified atom stereocenters. The molecule has 1 amide bonds. The van der Waals surface area contributed by atoms with E-state index in [2.05, 4.69) is 10.1 Å². The Hall–Kier alpha value is -1.98. The van der Waals surface area contributed by atoms with Gasteiger partial charge in [-0.15, -0.1) is 0 Å². The highest BCUT2D eigenvalue weighted by molar-refractivity contribution is 5.85. The Morgan fingerprint density at radius 3 is 2.38 bits per heavy atom. The molecule has 21 heavy (non-hydrogen) atoms. The van der Waals surface area contributed by atoms with Crippen LogP contribution in [0.25, 0.3) is 0 Å². The van der Waals surface area contributed by atoms with Crippen molar-refractivity contribution >= 4 is 11.9 Å². The van der Waals surface area contributed by atoms with E-state index in [4.69, 9.17) is 0 Å². The van der Waals surface area contributed by atoms with Gasteiger partial charge in [-0.25, -0.2) is 13.6 Å². The molecule has 116 valence electrons. The molecule has 0 aromatic heterocycles. The molecule has 0 aliphatic heterocycles. The Morgan fingerprint density at radius 2 is 1.86 bits per heavy atom. The van der Waals surface area contributed by atoms with Crippen LogP contribution in [-0.2, 0) is 20.7 Å². The first-order valence-electron chi connectivity index (χ1n) is 6.78. The summed E-state index contributed by atoms with van der Waals surface area (Å²) in [7, 11) is 1.25. The van der Waals surface area contributed by atoms with E-state index in [1.165, 1.54) is 7.11 Å². The van der Waals surface area contributed by atoms with Gasteiger partial charge in [-0.05, 0) is 24.1 Å². The zero-order chi connectivity index (χ0) is 15.8. The molecule has 1 atom stereocenters. The number of ether oxygens (including phenoxy) is 1. The van der Waals surface area contributed by atoms with Crippen molar-refractivity contribution in [3.05, 3.63) is 35.4 Å². The van der Waals surface area contributed by atoms with Gasteiger partial charge >= 0.3 is 5.97 Å². The third-order valence-corrected chi connectivity index (χ3v) is 2.95. The van der Waals surface area contributed by atoms with Crippen molar-refractivity contribution in [3.8, 4) is 0 Å². The maximum Gasteiger partial charge on any atom is 0.328 e. The average molecular weight is 299 g/mol. The lowest BCUT2D eigenvalue weighted by molar-refractivity contribution is -0.145. The van der Waals surface area contributed by atoms with Crippen LogP contribution in [0.3, 0.4) is 0 Å². The first-order chi connectivity index (χ1) is 9.96. The van der Waals surface area contributed by atoms with Crippen molar-refractivity contribution < 1.29 is 23.1 Å². The van der Waals surface area contributed by atoms with Crippen LogP contribution in [0.1, 0.15) is 31.7 Å². The molecule has 0 saturated carbocycles. The van der Waals surface area contributed by atoms with Gasteiger partial charge in [0, 0.05) is 6.07 Å². The number of unbranched alkanes of at least 4 members (excludes halogenated alkanes) is 1. The van der Waals surface area contributed by atoms with Crippen LogP contribution < -0.4 is 5.32 Å². The first-order valence-corrected chi connectivity index (χ1v) is 6.78. The van der Waals surface area contributed by atoms with Gasteiger partial charge in [0.2, 0.25) is 5.91 Å². The second kappa shape index (κ2) is 8.34. The van der Waals surface area contributed by atoms with Crippen LogP contribution in [0.4, 0.5) is 8.78 Å². The Kier molecular flexibility index (Phi) is 6.78. The molecule has 0 saturated heterocycles. The Morgan fingerprint density at radius 1 is 1.24 bits per heavy atom. The number of esters is 1. The van der Waals surface area contributed by atoms with Gasteiger partial charge in [0.15, 0.2) is 0 Å². The maximum absolute atomic E-state index is 13.0. The third kappa shape index (κ3) is 5.89. The number of amides is 1. The molecule has 1 aromatic rings. The Bertz CT molecular complexity index is 485. The summed E-state index contributed by atoms with van der Waals surface area (Å²) in [5.74, 6) is -2.49. The number of hydrogen-bond donors (Lipinski definition) is 1. The predicted molar refractivity (Wildman–Crippen MR) is 73.5 cm³/mol. The largest absolute Gasteiger partial charge is 0.467 e. The average Bonchev–Trinajstić information content (AvgIpc) is 2.41. The molecular formula is C15H19F2NO3. The number of methoxy groups -OCH3 is 1. The molecule has 1 rings (SSSR count). The van der Waals surface area contributed by atoms with Gasteiger partial charge in [-0.3, -0.25) is 4.79 Å². The molecule has 0 bridgehead atoms. The number of carbonyl (C=O) groups is 2. The van der Waals surface area contributed by atoms with Gasteiger partial charge in [-0.2, -0.15) is 0 Å². The molecule has 0 radical (unpaired) electrons. The van der Waals surface area contributed by atoms with Gasteiger partial charge in [0.1, 0.15) is 17.7 Å². The molecular weight excluding hydrogens is 280 g/mol. The minimum Gasteiger partial charge on any atom is -0.467 e. The van der Waals surface area contributed by atoms with E-state index in [9.17, 15) is 18.4 Å². The summed E-state index contributed by atoms with van der Waals surface area (Å²) in [5, 5.41) is 2.53. The van der Waals surface area contributed by atoms with Gasteiger partial charge in [0.25, 0.3) is 0 Å². The van der Waals surface area contributed by atoms with E-state index >= 15 is 0 Å². The number of benzene rings is 1. The lowest BCUT2D eigenvalue weighted by Crippen LogP contribution is -2.42. The zero-order valence-electron chi connectivity index (χ0n) is 12.1. The highest BCUT2D eigenvalue weighted by Crippen LogP contribution is 2.09. The zero-order valence-corrected chi connectivity index (χ0v) is 12.1. The number of nitrogens with one attached hydrogen (secondary N) is 1. The summed E-state index contributed by atoms with van der Waals surface area (Å²) in [6.07, 6.45) is 1.90. The fourth-order valence-corrected chi connectivity index (χ4v) is 1.94. The highest BCUT2D eigenvalue weighted by atomic mass is 19.1. The molecule has 1 aromatic carbocycles. The molecule has 6 heteroatoms. The number of hydrogen-bond acceptors (Lipinski definition) is 3. The van der Waals surface area contributed by atoms with E-state index < -0.39 is 29.6 Å². The Balaban J connectivity index is 2.66. The van der Waals surface area contributed by atoms with E-state index in [-0.39, 0.29) is 12.0 Å². The van der Waals surface area contributed by atoms with Crippen molar-refractivity contribution in [3.63, 3.8) is 0 Å². The molecule has 0 spiro atoms. The minimum absolute atomic E-state index is 0.200. The van der Waals surface area contributed by atoms with Crippen LogP contribution >= 0.6 is 0 Å². The first kappa shape index (κ1) is 17.1. The minimum atomic E-state index is -0.742. The van der Waals surface area contributed by atoms with Gasteiger partial charge in [-0.1, -0.05) is 19.8 Å². The fourth-order valence-electron chi connectivity index (χ4n) is 1.94. The highest BCUT2D eigenvalue weighted by Gasteiger charge is 2.21. The quantitative estimate of drug-likeness (QED) is 0.786. The predicted octanol–water partition coefficient (Wildman–Crippen LogP) is 2.36. The SMILES string of the molecule is CCCC[C@@H](NC(=O)Cc1cc(F)cc(F)c1)C(=O)OC. The van der Waals surface area contributed by atoms with E-state index in [1.54, 1.807) is 0 Å². The van der Waals surface area contributed by atoms with Crippen LogP contribution in [0.2, 0.25) is 0 Å². The number of carbonyl (C=O) groups excluding carboxylic acids is 2. The summed E-state index contributed by atoms with van der Waals surface area (Å²) in [6, 6.07) is 2.17. The van der Waals surface area contributed by atoms with Gasteiger partial charge < -0.3 is 10.1 Å². The summed E-state index contributed by atoms with van der Waals surface area (Å²) in [6.45, 7) is 1.96. The monoisotopic (exact) mass is 299 g/mol. The molecule has 0 aliphatic rings. The van der Waals surface area contributed by atoms with Crippen LogP contribution in [0.15, 0.2) is 18.2 Å².